The second-order valence-electron chi connectivity index (χ2n) is 5.68. The summed E-state index contributed by atoms with van der Waals surface area (Å²) in [7, 11) is 0. The van der Waals surface area contributed by atoms with Gasteiger partial charge in [-0.3, -0.25) is 4.90 Å². The van der Waals surface area contributed by atoms with Crippen LogP contribution in [-0.4, -0.2) is 24.5 Å². The van der Waals surface area contributed by atoms with Crippen LogP contribution in [0.1, 0.15) is 38.7 Å². The van der Waals surface area contributed by atoms with Crippen LogP contribution in [0.25, 0.3) is 0 Å². The van der Waals surface area contributed by atoms with Crippen LogP contribution in [0, 0.1) is 11.8 Å². The van der Waals surface area contributed by atoms with E-state index in [9.17, 15) is 0 Å². The monoisotopic (exact) mass is 250 g/mol. The molecule has 18 heavy (non-hydrogen) atoms. The van der Waals surface area contributed by atoms with Gasteiger partial charge in [-0.15, -0.1) is 0 Å². The van der Waals surface area contributed by atoms with E-state index in [-0.39, 0.29) is 0 Å². The summed E-state index contributed by atoms with van der Waals surface area (Å²) >= 11 is 0. The molecule has 1 aliphatic heterocycles. The largest absolute Gasteiger partial charge is 0.463 e. The van der Waals surface area contributed by atoms with Crippen LogP contribution < -0.4 is 5.32 Å². The highest BCUT2D eigenvalue weighted by Gasteiger charge is 2.25. The van der Waals surface area contributed by atoms with Crippen molar-refractivity contribution >= 4 is 0 Å². The summed E-state index contributed by atoms with van der Waals surface area (Å²) in [5.41, 5.74) is 0. The Morgan fingerprint density at radius 2 is 2.17 bits per heavy atom. The highest BCUT2D eigenvalue weighted by Crippen LogP contribution is 2.25. The number of rotatable bonds is 6. The Hall–Kier alpha value is -0.800. The van der Waals surface area contributed by atoms with Gasteiger partial charge in [-0.1, -0.05) is 20.8 Å². The molecule has 1 N–H and O–H groups in total. The fourth-order valence-corrected chi connectivity index (χ4v) is 2.62. The van der Waals surface area contributed by atoms with Crippen LogP contribution >= 0.6 is 0 Å². The van der Waals surface area contributed by atoms with Crippen LogP contribution in [0.2, 0.25) is 0 Å². The molecule has 1 fully saturated rings. The van der Waals surface area contributed by atoms with Gasteiger partial charge in [0.05, 0.1) is 13.1 Å². The lowest BCUT2D eigenvalue weighted by atomic mass is 9.95. The Morgan fingerprint density at radius 3 is 2.83 bits per heavy atom. The minimum absolute atomic E-state index is 0.802. The molecule has 0 radical (unpaired) electrons. The molecule has 2 rings (SSSR count). The van der Waals surface area contributed by atoms with Crippen LogP contribution in [-0.2, 0) is 13.1 Å². The van der Waals surface area contributed by atoms with Crippen molar-refractivity contribution in [2.75, 3.05) is 19.6 Å². The summed E-state index contributed by atoms with van der Waals surface area (Å²) in [5, 5.41) is 3.29. The topological polar surface area (TPSA) is 28.4 Å². The lowest BCUT2D eigenvalue weighted by Crippen LogP contribution is -2.21. The van der Waals surface area contributed by atoms with E-state index >= 15 is 0 Å². The zero-order chi connectivity index (χ0) is 13.0. The van der Waals surface area contributed by atoms with Crippen molar-refractivity contribution in [1.82, 2.24) is 10.2 Å². The van der Waals surface area contributed by atoms with E-state index in [1.165, 1.54) is 19.5 Å². The van der Waals surface area contributed by atoms with E-state index < -0.39 is 0 Å². The fourth-order valence-electron chi connectivity index (χ4n) is 2.62. The minimum Gasteiger partial charge on any atom is -0.463 e. The normalized spacial score (nSPS) is 21.0. The zero-order valence-corrected chi connectivity index (χ0v) is 11.9. The van der Waals surface area contributed by atoms with E-state index in [0.717, 1.165) is 43.0 Å². The molecule has 0 amide bonds. The molecule has 1 atom stereocenters. The minimum atomic E-state index is 0.802. The second-order valence-corrected chi connectivity index (χ2v) is 5.68. The molecule has 102 valence electrons. The molecule has 0 saturated carbocycles. The molecule has 3 nitrogen and oxygen atoms in total. The summed E-state index contributed by atoms with van der Waals surface area (Å²) in [5.74, 6) is 3.82. The number of furan rings is 1. The maximum Gasteiger partial charge on any atom is 0.118 e. The summed E-state index contributed by atoms with van der Waals surface area (Å²) in [4.78, 5) is 2.51. The van der Waals surface area contributed by atoms with Crippen LogP contribution in [0.4, 0.5) is 0 Å². The average Bonchev–Trinajstić information content (AvgIpc) is 2.96. The lowest BCUT2D eigenvalue weighted by Gasteiger charge is -2.16. The van der Waals surface area contributed by atoms with E-state index in [4.69, 9.17) is 4.42 Å². The van der Waals surface area contributed by atoms with Crippen molar-refractivity contribution in [1.29, 1.82) is 0 Å². The molecular formula is C15H26N2O. The predicted molar refractivity (Wildman–Crippen MR) is 74.3 cm³/mol. The van der Waals surface area contributed by atoms with Gasteiger partial charge in [-0.25, -0.2) is 0 Å². The van der Waals surface area contributed by atoms with Crippen molar-refractivity contribution in [2.45, 2.75) is 40.3 Å². The van der Waals surface area contributed by atoms with Gasteiger partial charge in [-0.2, -0.15) is 0 Å². The zero-order valence-electron chi connectivity index (χ0n) is 11.9. The summed E-state index contributed by atoms with van der Waals surface area (Å²) < 4.78 is 5.84. The third-order valence-electron chi connectivity index (χ3n) is 3.90. The first-order chi connectivity index (χ1) is 8.69. The first-order valence-electron chi connectivity index (χ1n) is 7.19. The van der Waals surface area contributed by atoms with Gasteiger partial charge in [-0.05, 0) is 43.5 Å². The molecule has 0 spiro atoms. The standard InChI is InChI=1S/C15H26N2O/c1-4-16-9-14-5-6-15(18-14)11-17-8-7-13(10-17)12(2)3/h5-6,12-13,16H,4,7-11H2,1-3H3. The molecule has 1 saturated heterocycles. The second kappa shape index (κ2) is 6.39. The Labute approximate surface area is 111 Å². The molecule has 1 unspecified atom stereocenters. The molecule has 1 aliphatic rings. The molecule has 1 aromatic rings. The van der Waals surface area contributed by atoms with Crippen molar-refractivity contribution in [2.24, 2.45) is 11.8 Å². The number of hydrogen-bond donors (Lipinski definition) is 1. The van der Waals surface area contributed by atoms with E-state index in [1.54, 1.807) is 0 Å². The predicted octanol–water partition coefficient (Wildman–Crippen LogP) is 2.87. The lowest BCUT2D eigenvalue weighted by molar-refractivity contribution is 0.269. The summed E-state index contributed by atoms with van der Waals surface area (Å²) in [6.07, 6.45) is 1.34. The van der Waals surface area contributed by atoms with E-state index in [0.29, 0.717) is 0 Å². The average molecular weight is 250 g/mol. The maximum absolute atomic E-state index is 5.84. The Bertz CT molecular complexity index is 359. The van der Waals surface area contributed by atoms with Gasteiger partial charge >= 0.3 is 0 Å². The summed E-state index contributed by atoms with van der Waals surface area (Å²) in [6.45, 7) is 12.0. The molecule has 0 bridgehead atoms. The maximum atomic E-state index is 5.84. The van der Waals surface area contributed by atoms with Gasteiger partial charge in [0.15, 0.2) is 0 Å². The van der Waals surface area contributed by atoms with Gasteiger partial charge in [0.2, 0.25) is 0 Å². The Kier molecular flexibility index (Phi) is 4.84. The van der Waals surface area contributed by atoms with Crippen LogP contribution in [0.3, 0.4) is 0 Å². The third-order valence-corrected chi connectivity index (χ3v) is 3.90. The Balaban J connectivity index is 1.81. The number of likely N-dealkylation sites (tertiary alicyclic amines) is 1. The van der Waals surface area contributed by atoms with Gasteiger partial charge in [0, 0.05) is 6.54 Å². The highest BCUT2D eigenvalue weighted by atomic mass is 16.3. The smallest absolute Gasteiger partial charge is 0.118 e. The SMILES string of the molecule is CCNCc1ccc(CN2CCC(C(C)C)C2)o1. The van der Waals surface area contributed by atoms with Crippen molar-refractivity contribution in [3.63, 3.8) is 0 Å². The van der Waals surface area contributed by atoms with Crippen LogP contribution in [0.5, 0.6) is 0 Å². The molecule has 2 heterocycles. The number of nitrogens with zero attached hydrogens (tertiary/aromatic N) is 1. The third kappa shape index (κ3) is 3.59. The van der Waals surface area contributed by atoms with E-state index in [1.807, 2.05) is 0 Å². The molecule has 0 aliphatic carbocycles. The Morgan fingerprint density at radius 1 is 1.39 bits per heavy atom. The molecule has 1 aromatic heterocycles. The van der Waals surface area contributed by atoms with Gasteiger partial charge < -0.3 is 9.73 Å². The highest BCUT2D eigenvalue weighted by molar-refractivity contribution is 5.07. The van der Waals surface area contributed by atoms with Gasteiger partial charge in [0.1, 0.15) is 11.5 Å². The van der Waals surface area contributed by atoms with Crippen LogP contribution in [0.15, 0.2) is 16.5 Å². The quantitative estimate of drug-likeness (QED) is 0.841. The fraction of sp³-hybridized carbons (Fsp3) is 0.733. The van der Waals surface area contributed by atoms with E-state index in [2.05, 4.69) is 43.1 Å². The first kappa shape index (κ1) is 13.6. The van der Waals surface area contributed by atoms with Gasteiger partial charge in [0.25, 0.3) is 0 Å². The first-order valence-corrected chi connectivity index (χ1v) is 7.19. The van der Waals surface area contributed by atoms with Crippen molar-refractivity contribution in [3.05, 3.63) is 23.7 Å². The van der Waals surface area contributed by atoms with Crippen molar-refractivity contribution in [3.8, 4) is 0 Å². The molecule has 0 aromatic carbocycles. The van der Waals surface area contributed by atoms with Crippen molar-refractivity contribution < 1.29 is 4.42 Å². The summed E-state index contributed by atoms with van der Waals surface area (Å²) in [6, 6.07) is 4.21. The molecular weight excluding hydrogens is 224 g/mol. The molecule has 3 heteroatoms. The number of hydrogen-bond acceptors (Lipinski definition) is 3. The number of nitrogens with one attached hydrogen (secondary N) is 1.